The molecule has 0 aliphatic heterocycles. The molecule has 0 spiro atoms. The van der Waals surface area contributed by atoms with Gasteiger partial charge in [0.15, 0.2) is 0 Å². The summed E-state index contributed by atoms with van der Waals surface area (Å²) >= 11 is 0. The zero-order chi connectivity index (χ0) is 10.2. The largest absolute Gasteiger partial charge is 0.378 e. The van der Waals surface area contributed by atoms with Gasteiger partial charge in [0.05, 0.1) is 5.60 Å². The van der Waals surface area contributed by atoms with Crippen LogP contribution in [0.2, 0.25) is 0 Å². The Labute approximate surface area is 83.9 Å². The highest BCUT2D eigenvalue weighted by atomic mass is 16.5. The number of hydrogen-bond acceptors (Lipinski definition) is 1. The number of hydrogen-bond donors (Lipinski definition) is 0. The van der Waals surface area contributed by atoms with Crippen molar-refractivity contribution in [3.05, 3.63) is 0 Å². The molecule has 0 aromatic heterocycles. The molecule has 0 rings (SSSR count). The van der Waals surface area contributed by atoms with E-state index in [0.29, 0.717) is 0 Å². The van der Waals surface area contributed by atoms with E-state index in [0.717, 1.165) is 6.42 Å². The average Bonchev–Trinajstić information content (AvgIpc) is 2.17. The topological polar surface area (TPSA) is 9.23 Å². The molecular weight excluding hydrogens is 160 g/mol. The second kappa shape index (κ2) is 7.37. The highest BCUT2D eigenvalue weighted by molar-refractivity contribution is 4.78. The molecule has 1 nitrogen and oxygen atoms in total. The molecule has 0 aliphatic rings. The zero-order valence-electron chi connectivity index (χ0n) is 9.86. The summed E-state index contributed by atoms with van der Waals surface area (Å²) in [5.41, 5.74) is 0.184. The summed E-state index contributed by atoms with van der Waals surface area (Å²) < 4.78 is 5.67. The van der Waals surface area contributed by atoms with Crippen LogP contribution in [0.4, 0.5) is 0 Å². The maximum atomic E-state index is 5.67. The second-order valence-electron chi connectivity index (χ2n) is 3.95. The minimum Gasteiger partial charge on any atom is -0.378 e. The Balaban J connectivity index is 3.89. The maximum Gasteiger partial charge on any atom is 0.0676 e. The van der Waals surface area contributed by atoms with E-state index in [9.17, 15) is 0 Å². The lowest BCUT2D eigenvalue weighted by molar-refractivity contribution is -0.0297. The average molecular weight is 186 g/mol. The van der Waals surface area contributed by atoms with Gasteiger partial charge in [0.1, 0.15) is 0 Å². The van der Waals surface area contributed by atoms with Gasteiger partial charge in [-0.25, -0.2) is 0 Å². The lowest BCUT2D eigenvalue weighted by Gasteiger charge is -2.31. The number of rotatable bonds is 8. The maximum absolute atomic E-state index is 5.67. The first-order chi connectivity index (χ1) is 6.24. The molecular formula is C12H26O. The molecule has 0 fully saturated rings. The van der Waals surface area contributed by atoms with Crippen LogP contribution in [0.15, 0.2) is 0 Å². The van der Waals surface area contributed by atoms with Crippen LogP contribution in [0.5, 0.6) is 0 Å². The molecule has 0 aliphatic carbocycles. The monoisotopic (exact) mass is 186 g/mol. The van der Waals surface area contributed by atoms with E-state index < -0.39 is 0 Å². The fraction of sp³-hybridized carbons (Fsp3) is 1.00. The van der Waals surface area contributed by atoms with Gasteiger partial charge in [-0.05, 0) is 19.3 Å². The Kier molecular flexibility index (Phi) is 7.35. The molecule has 0 saturated heterocycles. The molecule has 0 aromatic rings. The molecule has 1 atom stereocenters. The predicted molar refractivity (Wildman–Crippen MR) is 59.1 cm³/mol. The van der Waals surface area contributed by atoms with E-state index in [1.54, 1.807) is 0 Å². The Morgan fingerprint density at radius 3 is 2.00 bits per heavy atom. The smallest absolute Gasteiger partial charge is 0.0676 e. The first-order valence-electron chi connectivity index (χ1n) is 5.79. The minimum absolute atomic E-state index is 0.184. The van der Waals surface area contributed by atoms with Gasteiger partial charge in [-0.2, -0.15) is 0 Å². The summed E-state index contributed by atoms with van der Waals surface area (Å²) in [5, 5.41) is 0. The van der Waals surface area contributed by atoms with E-state index in [1.165, 1.54) is 38.5 Å². The minimum atomic E-state index is 0.184. The quantitative estimate of drug-likeness (QED) is 0.517. The number of ether oxygens (including phenoxy) is 1. The van der Waals surface area contributed by atoms with Crippen LogP contribution in [0.3, 0.4) is 0 Å². The number of methoxy groups -OCH3 is 1. The summed E-state index contributed by atoms with van der Waals surface area (Å²) in [6.07, 6.45) is 8.79. The lowest BCUT2D eigenvalue weighted by Crippen LogP contribution is -2.30. The van der Waals surface area contributed by atoms with Crippen molar-refractivity contribution in [2.24, 2.45) is 0 Å². The van der Waals surface area contributed by atoms with Crippen molar-refractivity contribution in [1.29, 1.82) is 0 Å². The van der Waals surface area contributed by atoms with Crippen LogP contribution in [0.1, 0.15) is 65.7 Å². The lowest BCUT2D eigenvalue weighted by atomic mass is 9.88. The van der Waals surface area contributed by atoms with E-state index in [2.05, 4.69) is 20.8 Å². The van der Waals surface area contributed by atoms with Gasteiger partial charge in [0.2, 0.25) is 0 Å². The van der Waals surface area contributed by atoms with Crippen molar-refractivity contribution in [3.8, 4) is 0 Å². The Bertz CT molecular complexity index is 106. The van der Waals surface area contributed by atoms with E-state index in [4.69, 9.17) is 4.74 Å². The number of unbranched alkanes of at least 4 members (excludes halogenated alkanes) is 2. The van der Waals surface area contributed by atoms with Crippen molar-refractivity contribution < 1.29 is 4.74 Å². The first kappa shape index (κ1) is 13.0. The van der Waals surface area contributed by atoms with Crippen LogP contribution in [0.25, 0.3) is 0 Å². The molecule has 0 N–H and O–H groups in total. The van der Waals surface area contributed by atoms with Crippen molar-refractivity contribution >= 4 is 0 Å². The highest BCUT2D eigenvalue weighted by Gasteiger charge is 2.25. The van der Waals surface area contributed by atoms with Crippen molar-refractivity contribution in [3.63, 3.8) is 0 Å². The first-order valence-corrected chi connectivity index (χ1v) is 5.79. The zero-order valence-corrected chi connectivity index (χ0v) is 9.86. The van der Waals surface area contributed by atoms with Gasteiger partial charge in [0.25, 0.3) is 0 Å². The Morgan fingerprint density at radius 2 is 1.62 bits per heavy atom. The Morgan fingerprint density at radius 1 is 0.923 bits per heavy atom. The molecule has 1 heteroatoms. The van der Waals surface area contributed by atoms with Crippen LogP contribution in [0, 0.1) is 0 Å². The van der Waals surface area contributed by atoms with Gasteiger partial charge in [-0.3, -0.25) is 0 Å². The van der Waals surface area contributed by atoms with Gasteiger partial charge >= 0.3 is 0 Å². The summed E-state index contributed by atoms with van der Waals surface area (Å²) in [6, 6.07) is 0. The third-order valence-electron chi connectivity index (χ3n) is 3.02. The molecule has 13 heavy (non-hydrogen) atoms. The van der Waals surface area contributed by atoms with E-state index >= 15 is 0 Å². The van der Waals surface area contributed by atoms with Crippen LogP contribution >= 0.6 is 0 Å². The van der Waals surface area contributed by atoms with Crippen molar-refractivity contribution in [2.75, 3.05) is 7.11 Å². The van der Waals surface area contributed by atoms with Gasteiger partial charge < -0.3 is 4.74 Å². The SMILES string of the molecule is CCCCCC(CC)(CCC)OC. The van der Waals surface area contributed by atoms with Crippen molar-refractivity contribution in [2.45, 2.75) is 71.3 Å². The molecule has 0 amide bonds. The molecule has 0 bridgehead atoms. The fourth-order valence-electron chi connectivity index (χ4n) is 1.98. The van der Waals surface area contributed by atoms with E-state index in [1.807, 2.05) is 7.11 Å². The van der Waals surface area contributed by atoms with Gasteiger partial charge in [-0.1, -0.05) is 46.5 Å². The fourth-order valence-corrected chi connectivity index (χ4v) is 1.98. The van der Waals surface area contributed by atoms with Gasteiger partial charge in [-0.15, -0.1) is 0 Å². The Hall–Kier alpha value is -0.0400. The van der Waals surface area contributed by atoms with Crippen LogP contribution < -0.4 is 0 Å². The highest BCUT2D eigenvalue weighted by Crippen LogP contribution is 2.28. The third-order valence-corrected chi connectivity index (χ3v) is 3.02. The summed E-state index contributed by atoms with van der Waals surface area (Å²) in [4.78, 5) is 0. The van der Waals surface area contributed by atoms with Crippen LogP contribution in [-0.4, -0.2) is 12.7 Å². The van der Waals surface area contributed by atoms with Gasteiger partial charge in [0, 0.05) is 7.11 Å². The predicted octanol–water partition coefficient (Wildman–Crippen LogP) is 4.16. The normalized spacial score (nSPS) is 15.7. The molecule has 0 aromatic carbocycles. The molecule has 0 radical (unpaired) electrons. The summed E-state index contributed by atoms with van der Waals surface area (Å²) in [6.45, 7) is 6.73. The van der Waals surface area contributed by atoms with E-state index in [-0.39, 0.29) is 5.60 Å². The molecule has 0 heterocycles. The third kappa shape index (κ3) is 4.66. The summed E-state index contributed by atoms with van der Waals surface area (Å²) in [5.74, 6) is 0. The summed E-state index contributed by atoms with van der Waals surface area (Å²) in [7, 11) is 1.87. The van der Waals surface area contributed by atoms with Crippen LogP contribution in [-0.2, 0) is 4.74 Å². The second-order valence-corrected chi connectivity index (χ2v) is 3.95. The molecule has 1 unspecified atom stereocenters. The molecule has 0 saturated carbocycles. The molecule has 80 valence electrons. The standard InChI is InChI=1S/C12H26O/c1-5-8-9-11-12(7-3,13-4)10-6-2/h5-11H2,1-4H3. The van der Waals surface area contributed by atoms with Crippen molar-refractivity contribution in [1.82, 2.24) is 0 Å².